The minimum atomic E-state index is -0.326. The Morgan fingerprint density at radius 1 is 1.24 bits per heavy atom. The van der Waals surface area contributed by atoms with Crippen LogP contribution < -0.4 is 0 Å². The molecule has 0 spiro atoms. The Hall–Kier alpha value is -1.06. The van der Waals surface area contributed by atoms with E-state index in [2.05, 4.69) is 6.92 Å². The molecule has 0 N–H and O–H groups in total. The predicted molar refractivity (Wildman–Crippen MR) is 65.5 cm³/mol. The third-order valence-corrected chi connectivity index (χ3v) is 3.71. The number of ether oxygens (including phenoxy) is 1. The number of carbonyl (C=O) groups is 2. The van der Waals surface area contributed by atoms with Crippen LogP contribution in [0.15, 0.2) is 0 Å². The van der Waals surface area contributed by atoms with E-state index in [0.717, 1.165) is 32.1 Å². The first kappa shape index (κ1) is 14.0. The number of likely N-dealkylation sites (N-methyl/N-ethyl adjacent to an activating group) is 1. The fourth-order valence-electron chi connectivity index (χ4n) is 2.65. The standard InChI is InChI=1S/C13H23NO3/c1-4-13(8-6-7-9-13)12(16)14(3)10-11(15)17-5-2/h4-10H2,1-3H3. The molecule has 0 aromatic heterocycles. The molecule has 0 heterocycles. The molecule has 98 valence electrons. The summed E-state index contributed by atoms with van der Waals surface area (Å²) in [6.45, 7) is 4.25. The van der Waals surface area contributed by atoms with Crippen molar-refractivity contribution in [2.75, 3.05) is 20.2 Å². The molecule has 1 saturated carbocycles. The molecule has 0 unspecified atom stereocenters. The molecular formula is C13H23NO3. The summed E-state index contributed by atoms with van der Waals surface area (Å²) in [5.41, 5.74) is -0.221. The first-order chi connectivity index (χ1) is 8.05. The smallest absolute Gasteiger partial charge is 0.325 e. The average Bonchev–Trinajstić information content (AvgIpc) is 2.78. The van der Waals surface area contributed by atoms with Crippen LogP contribution in [0.25, 0.3) is 0 Å². The van der Waals surface area contributed by atoms with Gasteiger partial charge in [0, 0.05) is 12.5 Å². The van der Waals surface area contributed by atoms with Crippen LogP contribution in [0.4, 0.5) is 0 Å². The van der Waals surface area contributed by atoms with Crippen LogP contribution in [0, 0.1) is 5.41 Å². The van der Waals surface area contributed by atoms with Crippen molar-refractivity contribution in [3.63, 3.8) is 0 Å². The first-order valence-electron chi connectivity index (χ1n) is 6.47. The van der Waals surface area contributed by atoms with Gasteiger partial charge in [-0.05, 0) is 26.2 Å². The summed E-state index contributed by atoms with van der Waals surface area (Å²) in [6.07, 6.45) is 5.00. The maximum Gasteiger partial charge on any atom is 0.325 e. The number of rotatable bonds is 5. The molecule has 4 heteroatoms. The van der Waals surface area contributed by atoms with Gasteiger partial charge in [0.05, 0.1) is 6.61 Å². The van der Waals surface area contributed by atoms with E-state index in [9.17, 15) is 9.59 Å². The predicted octanol–water partition coefficient (Wildman–Crippen LogP) is 1.98. The number of hydrogen-bond acceptors (Lipinski definition) is 3. The Morgan fingerprint density at radius 3 is 2.29 bits per heavy atom. The molecule has 0 aromatic carbocycles. The zero-order valence-corrected chi connectivity index (χ0v) is 11.1. The van der Waals surface area contributed by atoms with E-state index < -0.39 is 0 Å². The van der Waals surface area contributed by atoms with Crippen molar-refractivity contribution in [3.05, 3.63) is 0 Å². The van der Waals surface area contributed by atoms with E-state index >= 15 is 0 Å². The molecule has 1 aliphatic carbocycles. The molecule has 0 radical (unpaired) electrons. The van der Waals surface area contributed by atoms with Gasteiger partial charge in [-0.1, -0.05) is 19.8 Å². The Balaban J connectivity index is 2.59. The number of carbonyl (C=O) groups excluding carboxylic acids is 2. The van der Waals surface area contributed by atoms with Gasteiger partial charge in [0.1, 0.15) is 6.54 Å². The summed E-state index contributed by atoms with van der Waals surface area (Å²) in [4.78, 5) is 25.2. The lowest BCUT2D eigenvalue weighted by Gasteiger charge is -2.30. The molecule has 1 rings (SSSR count). The van der Waals surface area contributed by atoms with E-state index in [-0.39, 0.29) is 23.8 Å². The van der Waals surface area contributed by atoms with Crippen LogP contribution in [0.3, 0.4) is 0 Å². The van der Waals surface area contributed by atoms with Crippen LogP contribution in [-0.2, 0) is 14.3 Å². The summed E-state index contributed by atoms with van der Waals surface area (Å²) in [6, 6.07) is 0. The lowest BCUT2D eigenvalue weighted by molar-refractivity contribution is -0.151. The van der Waals surface area contributed by atoms with Crippen molar-refractivity contribution < 1.29 is 14.3 Å². The fraction of sp³-hybridized carbons (Fsp3) is 0.846. The summed E-state index contributed by atoms with van der Waals surface area (Å²) in [5, 5.41) is 0. The summed E-state index contributed by atoms with van der Waals surface area (Å²) >= 11 is 0. The highest BCUT2D eigenvalue weighted by Crippen LogP contribution is 2.42. The van der Waals surface area contributed by atoms with E-state index in [1.165, 1.54) is 4.90 Å². The highest BCUT2D eigenvalue weighted by atomic mass is 16.5. The van der Waals surface area contributed by atoms with Gasteiger partial charge >= 0.3 is 5.97 Å². The number of hydrogen-bond donors (Lipinski definition) is 0. The lowest BCUT2D eigenvalue weighted by Crippen LogP contribution is -2.42. The monoisotopic (exact) mass is 241 g/mol. The second-order valence-corrected chi connectivity index (χ2v) is 4.81. The zero-order chi connectivity index (χ0) is 12.9. The normalized spacial score (nSPS) is 17.8. The zero-order valence-electron chi connectivity index (χ0n) is 11.1. The van der Waals surface area contributed by atoms with Gasteiger partial charge in [-0.3, -0.25) is 9.59 Å². The molecule has 0 bridgehead atoms. The van der Waals surface area contributed by atoms with Crippen molar-refractivity contribution in [2.45, 2.75) is 46.0 Å². The Morgan fingerprint density at radius 2 is 1.82 bits per heavy atom. The molecule has 1 aliphatic rings. The van der Waals surface area contributed by atoms with Crippen LogP contribution in [0.1, 0.15) is 46.0 Å². The highest BCUT2D eigenvalue weighted by Gasteiger charge is 2.41. The first-order valence-corrected chi connectivity index (χ1v) is 6.47. The van der Waals surface area contributed by atoms with Gasteiger partial charge in [0.15, 0.2) is 0 Å². The quantitative estimate of drug-likeness (QED) is 0.691. The van der Waals surface area contributed by atoms with E-state index in [1.54, 1.807) is 14.0 Å². The van der Waals surface area contributed by atoms with E-state index in [1.807, 2.05) is 0 Å². The molecule has 4 nitrogen and oxygen atoms in total. The van der Waals surface area contributed by atoms with Gasteiger partial charge in [0.25, 0.3) is 0 Å². The maximum absolute atomic E-state index is 12.4. The number of esters is 1. The van der Waals surface area contributed by atoms with Crippen LogP contribution in [0.5, 0.6) is 0 Å². The SMILES string of the molecule is CCOC(=O)CN(C)C(=O)C1(CC)CCCC1. The molecule has 0 aliphatic heterocycles. The van der Waals surface area contributed by atoms with Crippen LogP contribution in [0.2, 0.25) is 0 Å². The minimum Gasteiger partial charge on any atom is -0.465 e. The van der Waals surface area contributed by atoms with Crippen LogP contribution >= 0.6 is 0 Å². The van der Waals surface area contributed by atoms with Gasteiger partial charge < -0.3 is 9.64 Å². The molecule has 1 amide bonds. The topological polar surface area (TPSA) is 46.6 Å². The Labute approximate surface area is 103 Å². The summed E-state index contributed by atoms with van der Waals surface area (Å²) in [7, 11) is 1.69. The van der Waals surface area contributed by atoms with Gasteiger partial charge in [-0.25, -0.2) is 0 Å². The van der Waals surface area contributed by atoms with Crippen molar-refractivity contribution >= 4 is 11.9 Å². The molecule has 0 atom stereocenters. The Kier molecular flexibility index (Phi) is 4.97. The molecule has 1 fully saturated rings. The van der Waals surface area contributed by atoms with Crippen molar-refractivity contribution in [3.8, 4) is 0 Å². The van der Waals surface area contributed by atoms with Crippen LogP contribution in [-0.4, -0.2) is 37.0 Å². The largest absolute Gasteiger partial charge is 0.465 e. The maximum atomic E-state index is 12.4. The fourth-order valence-corrected chi connectivity index (χ4v) is 2.65. The average molecular weight is 241 g/mol. The van der Waals surface area contributed by atoms with E-state index in [0.29, 0.717) is 6.61 Å². The second-order valence-electron chi connectivity index (χ2n) is 4.81. The van der Waals surface area contributed by atoms with E-state index in [4.69, 9.17) is 4.74 Å². The molecule has 0 saturated heterocycles. The highest BCUT2D eigenvalue weighted by molar-refractivity contribution is 5.86. The van der Waals surface area contributed by atoms with Gasteiger partial charge in [-0.15, -0.1) is 0 Å². The van der Waals surface area contributed by atoms with Gasteiger partial charge in [-0.2, -0.15) is 0 Å². The Bertz CT molecular complexity index is 282. The molecular weight excluding hydrogens is 218 g/mol. The second kappa shape index (κ2) is 6.03. The molecule has 17 heavy (non-hydrogen) atoms. The van der Waals surface area contributed by atoms with Crippen molar-refractivity contribution in [2.24, 2.45) is 5.41 Å². The minimum absolute atomic E-state index is 0.0639. The lowest BCUT2D eigenvalue weighted by atomic mass is 9.82. The number of nitrogens with zero attached hydrogens (tertiary/aromatic N) is 1. The van der Waals surface area contributed by atoms with Gasteiger partial charge in [0.2, 0.25) is 5.91 Å². The third kappa shape index (κ3) is 3.20. The van der Waals surface area contributed by atoms with Crippen molar-refractivity contribution in [1.29, 1.82) is 0 Å². The third-order valence-electron chi connectivity index (χ3n) is 3.71. The summed E-state index contributed by atoms with van der Waals surface area (Å²) < 4.78 is 4.86. The number of amides is 1. The molecule has 0 aromatic rings. The summed E-state index contributed by atoms with van der Waals surface area (Å²) in [5.74, 6) is -0.224. The van der Waals surface area contributed by atoms with Crippen molar-refractivity contribution in [1.82, 2.24) is 4.90 Å².